The van der Waals surface area contributed by atoms with Crippen molar-refractivity contribution in [3.8, 4) is 0 Å². The summed E-state index contributed by atoms with van der Waals surface area (Å²) in [5.41, 5.74) is 1.23. The quantitative estimate of drug-likeness (QED) is 0.611. The van der Waals surface area contributed by atoms with E-state index in [0.717, 1.165) is 21.4 Å². The molecule has 2 rings (SSSR count). The van der Waals surface area contributed by atoms with Crippen LogP contribution in [-0.2, 0) is 6.54 Å². The lowest BCUT2D eigenvalue weighted by Gasteiger charge is -2.14. The van der Waals surface area contributed by atoms with E-state index < -0.39 is 0 Å². The Balaban J connectivity index is 0.00000220. The van der Waals surface area contributed by atoms with E-state index in [1.165, 1.54) is 5.56 Å². The third kappa shape index (κ3) is 5.55. The van der Waals surface area contributed by atoms with Gasteiger partial charge in [-0.05, 0) is 50.0 Å². The lowest BCUT2D eigenvalue weighted by Crippen LogP contribution is -2.11. The van der Waals surface area contributed by atoms with Crippen LogP contribution in [0, 0.1) is 0 Å². The number of halogens is 4. The van der Waals surface area contributed by atoms with Crippen LogP contribution < -0.4 is 0 Å². The summed E-state index contributed by atoms with van der Waals surface area (Å²) in [4.78, 5) is 4.30. The van der Waals surface area contributed by atoms with Gasteiger partial charge in [-0.2, -0.15) is 0 Å². The fourth-order valence-electron chi connectivity index (χ4n) is 1.76. The van der Waals surface area contributed by atoms with Crippen LogP contribution in [-0.4, -0.2) is 19.0 Å². The summed E-state index contributed by atoms with van der Waals surface area (Å²) < 4.78 is 0. The van der Waals surface area contributed by atoms with Gasteiger partial charge in [0.25, 0.3) is 0 Å². The van der Waals surface area contributed by atoms with Crippen molar-refractivity contribution in [1.82, 2.24) is 4.90 Å². The normalized spacial score (nSPS) is 10.6. The van der Waals surface area contributed by atoms with E-state index in [4.69, 9.17) is 34.8 Å². The van der Waals surface area contributed by atoms with Gasteiger partial charge in [0.1, 0.15) is 0 Å². The van der Waals surface area contributed by atoms with Crippen LogP contribution in [0.5, 0.6) is 0 Å². The second-order valence-corrected chi connectivity index (χ2v) is 7.03. The van der Waals surface area contributed by atoms with Crippen LogP contribution >= 0.6 is 59.0 Å². The van der Waals surface area contributed by atoms with Crippen molar-refractivity contribution in [2.75, 3.05) is 14.1 Å². The molecule has 0 radical (unpaired) electrons. The van der Waals surface area contributed by atoms with Gasteiger partial charge in [-0.15, -0.1) is 12.4 Å². The van der Waals surface area contributed by atoms with Crippen molar-refractivity contribution >= 4 is 59.0 Å². The van der Waals surface area contributed by atoms with Crippen molar-refractivity contribution < 1.29 is 0 Å². The van der Waals surface area contributed by atoms with E-state index in [1.807, 2.05) is 44.4 Å². The Kier molecular flexibility index (Phi) is 7.69. The molecule has 0 amide bonds. The first-order chi connectivity index (χ1) is 9.45. The summed E-state index contributed by atoms with van der Waals surface area (Å²) >= 11 is 19.7. The number of benzene rings is 2. The molecule has 0 aliphatic carbocycles. The molecule has 2 aromatic rings. The Morgan fingerprint density at radius 3 is 2.29 bits per heavy atom. The van der Waals surface area contributed by atoms with Gasteiger partial charge in [-0.25, -0.2) is 0 Å². The minimum Gasteiger partial charge on any atom is -0.305 e. The molecule has 6 heteroatoms. The van der Waals surface area contributed by atoms with Gasteiger partial charge >= 0.3 is 0 Å². The van der Waals surface area contributed by atoms with Gasteiger partial charge in [0.2, 0.25) is 0 Å². The SMILES string of the molecule is CN(C)Cc1ccc(Cl)cc1Sc1ccc(Cl)c(Cl)c1.Cl. The predicted octanol–water partition coefficient (Wildman–Crippen LogP) is 6.28. The molecule has 0 aromatic heterocycles. The number of nitrogens with zero attached hydrogens (tertiary/aromatic N) is 1. The van der Waals surface area contributed by atoms with Crippen LogP contribution in [0.2, 0.25) is 15.1 Å². The molecule has 1 nitrogen and oxygen atoms in total. The Labute approximate surface area is 151 Å². The largest absolute Gasteiger partial charge is 0.305 e. The Hall–Kier alpha value is -0.0900. The van der Waals surface area contributed by atoms with Gasteiger partial charge in [0.05, 0.1) is 10.0 Å². The van der Waals surface area contributed by atoms with E-state index in [2.05, 4.69) is 11.0 Å². The lowest BCUT2D eigenvalue weighted by atomic mass is 10.2. The van der Waals surface area contributed by atoms with E-state index in [-0.39, 0.29) is 12.4 Å². The molecule has 2 aromatic carbocycles. The van der Waals surface area contributed by atoms with Gasteiger partial charge in [-0.1, -0.05) is 52.6 Å². The molecule has 0 atom stereocenters. The summed E-state index contributed by atoms with van der Waals surface area (Å²) in [6, 6.07) is 11.6. The number of hydrogen-bond acceptors (Lipinski definition) is 2. The fraction of sp³-hybridized carbons (Fsp3) is 0.200. The molecule has 0 fully saturated rings. The third-order valence-electron chi connectivity index (χ3n) is 2.63. The van der Waals surface area contributed by atoms with Crippen molar-refractivity contribution in [2.24, 2.45) is 0 Å². The summed E-state index contributed by atoms with van der Waals surface area (Å²) in [6.45, 7) is 0.862. The summed E-state index contributed by atoms with van der Waals surface area (Å²) in [5.74, 6) is 0. The van der Waals surface area contributed by atoms with E-state index in [1.54, 1.807) is 11.8 Å². The molecule has 0 saturated heterocycles. The zero-order chi connectivity index (χ0) is 14.7. The second-order valence-electron chi connectivity index (χ2n) is 4.67. The first kappa shape index (κ1) is 19.0. The fourth-order valence-corrected chi connectivity index (χ4v) is 3.38. The van der Waals surface area contributed by atoms with E-state index in [9.17, 15) is 0 Å². The van der Waals surface area contributed by atoms with Gasteiger partial charge in [0, 0.05) is 21.4 Å². The molecule has 114 valence electrons. The maximum atomic E-state index is 6.10. The standard InChI is InChI=1S/C15H14Cl3NS.ClH/c1-19(2)9-10-3-4-11(16)7-15(10)20-12-5-6-13(17)14(18)8-12;/h3-8H,9H2,1-2H3;1H. The van der Waals surface area contributed by atoms with E-state index >= 15 is 0 Å². The average Bonchev–Trinajstić information content (AvgIpc) is 2.37. The van der Waals surface area contributed by atoms with Crippen LogP contribution in [0.15, 0.2) is 46.2 Å². The zero-order valence-corrected chi connectivity index (χ0v) is 15.5. The first-order valence-electron chi connectivity index (χ1n) is 6.02. The summed E-state index contributed by atoms with van der Waals surface area (Å²) in [5, 5.41) is 1.86. The maximum Gasteiger partial charge on any atom is 0.0603 e. The van der Waals surface area contributed by atoms with Crippen molar-refractivity contribution in [3.05, 3.63) is 57.0 Å². The van der Waals surface area contributed by atoms with Gasteiger partial charge < -0.3 is 4.90 Å². The summed E-state index contributed by atoms with van der Waals surface area (Å²) in [7, 11) is 4.09. The Morgan fingerprint density at radius 2 is 1.67 bits per heavy atom. The molecule has 0 aliphatic heterocycles. The molecular formula is C15H15Cl4NS. The Morgan fingerprint density at radius 1 is 0.952 bits per heavy atom. The molecular weight excluding hydrogens is 368 g/mol. The van der Waals surface area contributed by atoms with Gasteiger partial charge in [0.15, 0.2) is 0 Å². The van der Waals surface area contributed by atoms with Crippen LogP contribution in [0.25, 0.3) is 0 Å². The molecule has 21 heavy (non-hydrogen) atoms. The van der Waals surface area contributed by atoms with Crippen LogP contribution in [0.3, 0.4) is 0 Å². The van der Waals surface area contributed by atoms with Crippen molar-refractivity contribution in [1.29, 1.82) is 0 Å². The van der Waals surface area contributed by atoms with Crippen LogP contribution in [0.1, 0.15) is 5.56 Å². The van der Waals surface area contributed by atoms with E-state index in [0.29, 0.717) is 10.0 Å². The summed E-state index contributed by atoms with van der Waals surface area (Å²) in [6.07, 6.45) is 0. The highest BCUT2D eigenvalue weighted by Gasteiger charge is 2.08. The highest BCUT2D eigenvalue weighted by molar-refractivity contribution is 7.99. The van der Waals surface area contributed by atoms with Gasteiger partial charge in [-0.3, -0.25) is 0 Å². The minimum atomic E-state index is 0. The van der Waals surface area contributed by atoms with Crippen molar-refractivity contribution in [3.63, 3.8) is 0 Å². The molecule has 0 saturated carbocycles. The lowest BCUT2D eigenvalue weighted by molar-refractivity contribution is 0.399. The molecule has 0 unspecified atom stereocenters. The molecule has 0 bridgehead atoms. The Bertz CT molecular complexity index is 617. The second kappa shape index (κ2) is 8.52. The molecule has 0 N–H and O–H groups in total. The first-order valence-corrected chi connectivity index (χ1v) is 7.97. The monoisotopic (exact) mass is 381 g/mol. The predicted molar refractivity (Wildman–Crippen MR) is 96.7 cm³/mol. The average molecular weight is 383 g/mol. The van der Waals surface area contributed by atoms with Crippen LogP contribution in [0.4, 0.5) is 0 Å². The topological polar surface area (TPSA) is 3.24 Å². The molecule has 0 heterocycles. The smallest absolute Gasteiger partial charge is 0.0603 e. The highest BCUT2D eigenvalue weighted by atomic mass is 35.5. The minimum absolute atomic E-state index is 0. The molecule has 0 aliphatic rings. The zero-order valence-electron chi connectivity index (χ0n) is 11.6. The highest BCUT2D eigenvalue weighted by Crippen LogP contribution is 2.35. The third-order valence-corrected chi connectivity index (χ3v) is 4.70. The molecule has 0 spiro atoms. The van der Waals surface area contributed by atoms with Crippen molar-refractivity contribution in [2.45, 2.75) is 16.3 Å². The number of hydrogen-bond donors (Lipinski definition) is 0. The maximum absolute atomic E-state index is 6.10. The number of rotatable bonds is 4.